The summed E-state index contributed by atoms with van der Waals surface area (Å²) in [5, 5.41) is 14.3. The molecule has 1 aromatic carbocycles. The van der Waals surface area contributed by atoms with E-state index in [-0.39, 0.29) is 11.9 Å². The van der Waals surface area contributed by atoms with E-state index in [0.29, 0.717) is 38.2 Å². The molecule has 8 nitrogen and oxygen atoms in total. The minimum absolute atomic E-state index is 0.0528. The topological polar surface area (TPSA) is 88.8 Å². The summed E-state index contributed by atoms with van der Waals surface area (Å²) in [4.78, 5) is 18.9. The largest absolute Gasteiger partial charge is 0.417 e. The van der Waals surface area contributed by atoms with Crippen LogP contribution in [0, 0.1) is 0 Å². The van der Waals surface area contributed by atoms with Crippen LogP contribution in [0.2, 0.25) is 0 Å². The monoisotopic (exact) mass is 445 g/mol. The van der Waals surface area contributed by atoms with Crippen molar-refractivity contribution >= 4 is 11.7 Å². The third-order valence-electron chi connectivity index (χ3n) is 5.50. The Bertz CT molecular complexity index is 1000. The van der Waals surface area contributed by atoms with Crippen molar-refractivity contribution in [1.82, 2.24) is 30.5 Å². The number of aromatic nitrogens is 5. The molecule has 1 atom stereocenters. The Morgan fingerprint density at radius 2 is 1.88 bits per heavy atom. The van der Waals surface area contributed by atoms with Crippen LogP contribution in [0.5, 0.6) is 0 Å². The van der Waals surface area contributed by atoms with E-state index in [1.165, 1.54) is 17.1 Å². The first-order chi connectivity index (χ1) is 15.4. The van der Waals surface area contributed by atoms with Crippen LogP contribution in [0.4, 0.5) is 19.0 Å². The summed E-state index contributed by atoms with van der Waals surface area (Å²) in [6.45, 7) is 1.16. The molecule has 1 unspecified atom stereocenters. The Hall–Kier alpha value is -3.50. The zero-order valence-corrected chi connectivity index (χ0v) is 17.1. The van der Waals surface area contributed by atoms with Gasteiger partial charge in [0.15, 0.2) is 0 Å². The molecule has 1 aliphatic heterocycles. The van der Waals surface area contributed by atoms with E-state index in [1.807, 2.05) is 35.2 Å². The van der Waals surface area contributed by atoms with E-state index in [1.54, 1.807) is 0 Å². The number of anilines is 1. The van der Waals surface area contributed by atoms with Crippen LogP contribution in [-0.2, 0) is 17.4 Å². The van der Waals surface area contributed by atoms with Gasteiger partial charge in [0.2, 0.25) is 5.91 Å². The highest BCUT2D eigenvalue weighted by Gasteiger charge is 2.31. The van der Waals surface area contributed by atoms with E-state index >= 15 is 0 Å². The number of amides is 1. The van der Waals surface area contributed by atoms with Gasteiger partial charge in [0, 0.05) is 31.7 Å². The van der Waals surface area contributed by atoms with Gasteiger partial charge in [-0.1, -0.05) is 30.3 Å². The number of carbonyl (C=O) groups is 1. The van der Waals surface area contributed by atoms with E-state index in [2.05, 4.69) is 25.8 Å². The average Bonchev–Trinajstić information content (AvgIpc) is 3.33. The van der Waals surface area contributed by atoms with Crippen LogP contribution < -0.4 is 10.2 Å². The average molecular weight is 445 g/mol. The van der Waals surface area contributed by atoms with Crippen molar-refractivity contribution in [3.63, 3.8) is 0 Å². The van der Waals surface area contributed by atoms with E-state index < -0.39 is 17.8 Å². The van der Waals surface area contributed by atoms with Crippen molar-refractivity contribution in [2.24, 2.45) is 0 Å². The van der Waals surface area contributed by atoms with Crippen LogP contribution in [0.25, 0.3) is 0 Å². The summed E-state index contributed by atoms with van der Waals surface area (Å²) < 4.78 is 39.6. The molecule has 4 rings (SSSR count). The number of hydrogen-bond acceptors (Lipinski definition) is 6. The molecule has 3 aromatic rings. The number of carbonyl (C=O) groups excluding carboxylic acids is 1. The van der Waals surface area contributed by atoms with Crippen LogP contribution in [0.3, 0.4) is 0 Å². The molecule has 1 amide bonds. The molecule has 3 heterocycles. The number of nitrogens with one attached hydrogen (secondary N) is 1. The van der Waals surface area contributed by atoms with Gasteiger partial charge in [-0.3, -0.25) is 4.79 Å². The molecule has 1 saturated heterocycles. The molecule has 2 aromatic heterocycles. The maximum atomic E-state index is 13.0. The summed E-state index contributed by atoms with van der Waals surface area (Å²) >= 11 is 0. The number of hydrogen-bond donors (Lipinski definition) is 1. The number of tetrazole rings is 1. The van der Waals surface area contributed by atoms with Crippen molar-refractivity contribution in [3.8, 4) is 0 Å². The van der Waals surface area contributed by atoms with Crippen molar-refractivity contribution < 1.29 is 18.0 Å². The fraction of sp³-hybridized carbons (Fsp3) is 0.381. The molecule has 0 radical (unpaired) electrons. The highest BCUT2D eigenvalue weighted by atomic mass is 19.4. The normalized spacial score (nSPS) is 16.0. The van der Waals surface area contributed by atoms with Gasteiger partial charge in [-0.05, 0) is 41.0 Å². The molecule has 1 aliphatic rings. The van der Waals surface area contributed by atoms with Crippen molar-refractivity contribution in [1.29, 1.82) is 0 Å². The number of rotatable bonds is 6. The molecule has 0 aliphatic carbocycles. The van der Waals surface area contributed by atoms with E-state index in [9.17, 15) is 18.0 Å². The fourth-order valence-electron chi connectivity index (χ4n) is 3.75. The Morgan fingerprint density at radius 3 is 2.47 bits per heavy atom. The predicted octanol–water partition coefficient (Wildman–Crippen LogP) is 2.66. The number of pyridine rings is 1. The van der Waals surface area contributed by atoms with Gasteiger partial charge in [0.1, 0.15) is 18.2 Å². The lowest BCUT2D eigenvalue weighted by molar-refractivity contribution is -0.137. The number of alkyl halides is 3. The highest BCUT2D eigenvalue weighted by molar-refractivity contribution is 5.80. The molecule has 168 valence electrons. The lowest BCUT2D eigenvalue weighted by atomic mass is 10.0. The lowest BCUT2D eigenvalue weighted by Crippen LogP contribution is -2.47. The van der Waals surface area contributed by atoms with E-state index in [4.69, 9.17) is 0 Å². The standard InChI is InChI=1S/C21H22F3N7O/c22-21(23,24)16-6-7-19(25-13-16)30-10-8-17(9-11-30)27-20(32)18(31-14-26-28-29-31)12-15-4-2-1-3-5-15/h1-7,13-14,17-18H,8-12H2,(H,27,32). The Kier molecular flexibility index (Phi) is 6.33. The molecular formula is C21H22F3N7O. The third kappa shape index (κ3) is 5.21. The minimum atomic E-state index is -4.40. The number of benzene rings is 1. The smallest absolute Gasteiger partial charge is 0.356 e. The summed E-state index contributed by atoms with van der Waals surface area (Å²) in [7, 11) is 0. The van der Waals surface area contributed by atoms with Gasteiger partial charge < -0.3 is 10.2 Å². The Labute approximate surface area is 182 Å². The van der Waals surface area contributed by atoms with Crippen LogP contribution in [0.15, 0.2) is 55.0 Å². The summed E-state index contributed by atoms with van der Waals surface area (Å²) in [6, 6.07) is 11.4. The second-order valence-electron chi connectivity index (χ2n) is 7.67. The first kappa shape index (κ1) is 21.7. The first-order valence-electron chi connectivity index (χ1n) is 10.2. The van der Waals surface area contributed by atoms with Crippen LogP contribution in [0.1, 0.15) is 30.0 Å². The molecule has 11 heteroatoms. The maximum absolute atomic E-state index is 13.0. The molecule has 32 heavy (non-hydrogen) atoms. The number of nitrogens with zero attached hydrogens (tertiary/aromatic N) is 6. The first-order valence-corrected chi connectivity index (χ1v) is 10.2. The summed E-state index contributed by atoms with van der Waals surface area (Å²) in [5.74, 6) is 0.325. The van der Waals surface area contributed by atoms with Crippen molar-refractivity contribution in [2.45, 2.75) is 37.5 Å². The minimum Gasteiger partial charge on any atom is -0.356 e. The lowest BCUT2D eigenvalue weighted by Gasteiger charge is -2.33. The summed E-state index contributed by atoms with van der Waals surface area (Å²) in [6.07, 6.45) is -0.370. The maximum Gasteiger partial charge on any atom is 0.417 e. The van der Waals surface area contributed by atoms with Gasteiger partial charge in [0.05, 0.1) is 5.56 Å². The highest BCUT2D eigenvalue weighted by Crippen LogP contribution is 2.29. The molecular weight excluding hydrogens is 423 g/mol. The van der Waals surface area contributed by atoms with Crippen molar-refractivity contribution in [3.05, 3.63) is 66.1 Å². The van der Waals surface area contributed by atoms with Crippen LogP contribution >= 0.6 is 0 Å². The second-order valence-corrected chi connectivity index (χ2v) is 7.67. The summed E-state index contributed by atoms with van der Waals surface area (Å²) in [5.41, 5.74) is 0.224. The fourth-order valence-corrected chi connectivity index (χ4v) is 3.75. The number of halogens is 3. The molecule has 0 spiro atoms. The van der Waals surface area contributed by atoms with Gasteiger partial charge in [0.25, 0.3) is 0 Å². The molecule has 1 N–H and O–H groups in total. The Balaban J connectivity index is 1.35. The third-order valence-corrected chi connectivity index (χ3v) is 5.50. The van der Waals surface area contributed by atoms with Gasteiger partial charge in [-0.15, -0.1) is 5.10 Å². The molecule has 1 fully saturated rings. The quantitative estimate of drug-likeness (QED) is 0.628. The SMILES string of the molecule is O=C(NC1CCN(c2ccc(C(F)(F)F)cn2)CC1)C(Cc1ccccc1)n1cnnn1. The Morgan fingerprint density at radius 1 is 1.12 bits per heavy atom. The second kappa shape index (κ2) is 9.33. The zero-order valence-electron chi connectivity index (χ0n) is 17.1. The van der Waals surface area contributed by atoms with E-state index in [0.717, 1.165) is 17.8 Å². The predicted molar refractivity (Wildman–Crippen MR) is 110 cm³/mol. The van der Waals surface area contributed by atoms with Crippen LogP contribution in [-0.4, -0.2) is 50.2 Å². The zero-order chi connectivity index (χ0) is 22.6. The number of piperidine rings is 1. The molecule has 0 saturated carbocycles. The molecule has 0 bridgehead atoms. The van der Waals surface area contributed by atoms with Gasteiger partial charge >= 0.3 is 6.18 Å². The van der Waals surface area contributed by atoms with Crippen molar-refractivity contribution in [2.75, 3.05) is 18.0 Å². The van der Waals surface area contributed by atoms with Gasteiger partial charge in [-0.2, -0.15) is 13.2 Å². The van der Waals surface area contributed by atoms with Gasteiger partial charge in [-0.25, -0.2) is 9.67 Å².